The predicted molar refractivity (Wildman–Crippen MR) is 129 cm³/mol. The molecule has 0 saturated carbocycles. The van der Waals surface area contributed by atoms with Crippen molar-refractivity contribution in [2.75, 3.05) is 55.5 Å². The van der Waals surface area contributed by atoms with Crippen LogP contribution in [0.3, 0.4) is 0 Å². The average Bonchev–Trinajstić information content (AvgIpc) is 2.89. The van der Waals surface area contributed by atoms with Gasteiger partial charge in [-0.15, -0.1) is 0 Å². The quantitative estimate of drug-likeness (QED) is 0.481. The summed E-state index contributed by atoms with van der Waals surface area (Å²) in [6.45, 7) is 3.24. The van der Waals surface area contributed by atoms with Gasteiger partial charge in [-0.1, -0.05) is 12.1 Å². The third-order valence-electron chi connectivity index (χ3n) is 5.66. The first-order valence-corrected chi connectivity index (χ1v) is 10.8. The van der Waals surface area contributed by atoms with E-state index in [9.17, 15) is 0 Å². The fourth-order valence-corrected chi connectivity index (χ4v) is 3.93. The Labute approximate surface area is 192 Å². The van der Waals surface area contributed by atoms with E-state index in [4.69, 9.17) is 19.4 Å². The molecule has 2 aromatic carbocycles. The fourth-order valence-electron chi connectivity index (χ4n) is 3.93. The third-order valence-corrected chi connectivity index (χ3v) is 5.66. The van der Waals surface area contributed by atoms with Crippen molar-refractivity contribution in [1.29, 1.82) is 0 Å². The van der Waals surface area contributed by atoms with Crippen LogP contribution in [0.1, 0.15) is 0 Å². The van der Waals surface area contributed by atoms with E-state index in [2.05, 4.69) is 31.2 Å². The maximum absolute atomic E-state index is 5.53. The molecule has 5 rings (SSSR count). The minimum absolute atomic E-state index is 0.561. The van der Waals surface area contributed by atoms with Gasteiger partial charge in [0.2, 0.25) is 5.95 Å². The summed E-state index contributed by atoms with van der Waals surface area (Å²) in [5, 5.41) is 3.36. The Morgan fingerprint density at radius 3 is 2.27 bits per heavy atom. The van der Waals surface area contributed by atoms with Crippen molar-refractivity contribution in [2.45, 2.75) is 0 Å². The Hall–Kier alpha value is -4.14. The Bertz CT molecular complexity index is 1240. The van der Waals surface area contributed by atoms with Crippen LogP contribution in [0.4, 0.5) is 23.1 Å². The molecule has 1 aliphatic heterocycles. The van der Waals surface area contributed by atoms with Crippen LogP contribution in [0.25, 0.3) is 11.2 Å². The highest BCUT2D eigenvalue weighted by atomic mass is 16.5. The van der Waals surface area contributed by atoms with Gasteiger partial charge in [0, 0.05) is 44.3 Å². The molecule has 4 aromatic rings. The second-order valence-corrected chi connectivity index (χ2v) is 7.60. The van der Waals surface area contributed by atoms with Crippen molar-refractivity contribution >= 4 is 34.3 Å². The number of rotatable bonds is 6. The molecule has 33 heavy (non-hydrogen) atoms. The largest absolute Gasteiger partial charge is 0.497 e. The van der Waals surface area contributed by atoms with E-state index in [1.54, 1.807) is 26.6 Å². The van der Waals surface area contributed by atoms with Gasteiger partial charge >= 0.3 is 0 Å². The molecule has 0 atom stereocenters. The summed E-state index contributed by atoms with van der Waals surface area (Å²) in [4.78, 5) is 22.9. The number of benzene rings is 2. The molecule has 2 aromatic heterocycles. The van der Waals surface area contributed by atoms with E-state index in [-0.39, 0.29) is 0 Å². The first kappa shape index (κ1) is 20.7. The lowest BCUT2D eigenvalue weighted by atomic mass is 10.2. The minimum Gasteiger partial charge on any atom is -0.497 e. The van der Waals surface area contributed by atoms with Gasteiger partial charge in [-0.25, -0.2) is 9.97 Å². The Morgan fingerprint density at radius 1 is 0.788 bits per heavy atom. The molecular weight excluding hydrogens is 418 g/mol. The Balaban J connectivity index is 1.39. The standard InChI is InChI=1S/C24H25N7O2/c1-32-18-9-7-17(8-10-18)27-23-21-22(26-12-11-25-21)28-24(29-23)31-15-13-30(14-16-31)19-5-3-4-6-20(19)33-2/h3-12H,13-16H2,1-2H3,(H,26,27,28,29). The van der Waals surface area contributed by atoms with Gasteiger partial charge in [0.1, 0.15) is 11.5 Å². The molecule has 1 saturated heterocycles. The number of hydrogen-bond acceptors (Lipinski definition) is 9. The highest BCUT2D eigenvalue weighted by Gasteiger charge is 2.23. The van der Waals surface area contributed by atoms with E-state index < -0.39 is 0 Å². The number of para-hydroxylation sites is 2. The lowest BCUT2D eigenvalue weighted by molar-refractivity contribution is 0.413. The number of nitrogens with zero attached hydrogens (tertiary/aromatic N) is 6. The number of hydrogen-bond donors (Lipinski definition) is 1. The van der Waals surface area contributed by atoms with E-state index >= 15 is 0 Å². The van der Waals surface area contributed by atoms with E-state index in [0.29, 0.717) is 22.9 Å². The molecule has 0 amide bonds. The van der Waals surface area contributed by atoms with E-state index in [0.717, 1.165) is 49.1 Å². The molecule has 9 nitrogen and oxygen atoms in total. The lowest BCUT2D eigenvalue weighted by Gasteiger charge is -2.36. The smallest absolute Gasteiger partial charge is 0.229 e. The first-order chi connectivity index (χ1) is 16.2. The van der Waals surface area contributed by atoms with Crippen LogP contribution in [-0.2, 0) is 0 Å². The Kier molecular flexibility index (Phi) is 5.75. The van der Waals surface area contributed by atoms with Gasteiger partial charge < -0.3 is 24.6 Å². The molecule has 0 spiro atoms. The first-order valence-electron chi connectivity index (χ1n) is 10.8. The number of fused-ring (bicyclic) bond motifs is 1. The number of aromatic nitrogens is 4. The topological polar surface area (TPSA) is 88.5 Å². The van der Waals surface area contributed by atoms with Crippen molar-refractivity contribution in [2.24, 2.45) is 0 Å². The highest BCUT2D eigenvalue weighted by molar-refractivity contribution is 5.85. The van der Waals surface area contributed by atoms with E-state index in [1.807, 2.05) is 42.5 Å². The predicted octanol–water partition coefficient (Wildman–Crippen LogP) is 3.51. The summed E-state index contributed by atoms with van der Waals surface area (Å²) in [5.74, 6) is 2.94. The van der Waals surface area contributed by atoms with Crippen molar-refractivity contribution in [3.63, 3.8) is 0 Å². The molecule has 0 unspecified atom stereocenters. The maximum atomic E-state index is 5.53. The highest BCUT2D eigenvalue weighted by Crippen LogP contribution is 2.30. The summed E-state index contributed by atoms with van der Waals surface area (Å²) in [5.41, 5.74) is 3.18. The molecule has 168 valence electrons. The molecule has 0 radical (unpaired) electrons. The molecule has 1 aliphatic rings. The zero-order valence-corrected chi connectivity index (χ0v) is 18.6. The molecule has 0 bridgehead atoms. The SMILES string of the molecule is COc1ccc(Nc2nc(N3CCN(c4ccccc4OC)CC3)nc3nccnc23)cc1. The van der Waals surface area contributed by atoms with Crippen LogP contribution in [0.2, 0.25) is 0 Å². The molecule has 9 heteroatoms. The summed E-state index contributed by atoms with van der Waals surface area (Å²) in [7, 11) is 3.35. The van der Waals surface area contributed by atoms with Gasteiger partial charge in [-0.3, -0.25) is 0 Å². The van der Waals surface area contributed by atoms with Crippen LogP contribution in [0.15, 0.2) is 60.9 Å². The summed E-state index contributed by atoms with van der Waals surface area (Å²) < 4.78 is 10.8. The summed E-state index contributed by atoms with van der Waals surface area (Å²) in [6, 6.07) is 15.8. The number of ether oxygens (including phenoxy) is 2. The van der Waals surface area contributed by atoms with Crippen LogP contribution in [0.5, 0.6) is 11.5 Å². The molecule has 1 N–H and O–H groups in total. The normalized spacial score (nSPS) is 13.8. The summed E-state index contributed by atoms with van der Waals surface area (Å²) >= 11 is 0. The molecular formula is C24H25N7O2. The zero-order valence-electron chi connectivity index (χ0n) is 18.6. The van der Waals surface area contributed by atoms with Crippen LogP contribution >= 0.6 is 0 Å². The van der Waals surface area contributed by atoms with E-state index in [1.165, 1.54) is 0 Å². The number of anilines is 4. The second kappa shape index (κ2) is 9.15. The molecule has 3 heterocycles. The van der Waals surface area contributed by atoms with Gasteiger partial charge in [-0.2, -0.15) is 9.97 Å². The van der Waals surface area contributed by atoms with Gasteiger partial charge in [0.15, 0.2) is 17.0 Å². The van der Waals surface area contributed by atoms with Gasteiger partial charge in [0.25, 0.3) is 0 Å². The average molecular weight is 444 g/mol. The monoisotopic (exact) mass is 443 g/mol. The van der Waals surface area contributed by atoms with Gasteiger partial charge in [-0.05, 0) is 36.4 Å². The van der Waals surface area contributed by atoms with Crippen LogP contribution in [-0.4, -0.2) is 60.3 Å². The van der Waals surface area contributed by atoms with Crippen molar-refractivity contribution in [1.82, 2.24) is 19.9 Å². The van der Waals surface area contributed by atoms with Gasteiger partial charge in [0.05, 0.1) is 19.9 Å². The second-order valence-electron chi connectivity index (χ2n) is 7.60. The number of methoxy groups -OCH3 is 2. The lowest BCUT2D eigenvalue weighted by Crippen LogP contribution is -2.47. The minimum atomic E-state index is 0.561. The zero-order chi connectivity index (χ0) is 22.6. The maximum Gasteiger partial charge on any atom is 0.229 e. The molecule has 0 aliphatic carbocycles. The third kappa shape index (κ3) is 4.30. The van der Waals surface area contributed by atoms with Crippen molar-refractivity contribution in [3.05, 3.63) is 60.9 Å². The Morgan fingerprint density at radius 2 is 1.52 bits per heavy atom. The fraction of sp³-hybridized carbons (Fsp3) is 0.250. The number of piperazine rings is 1. The summed E-state index contributed by atoms with van der Waals surface area (Å²) in [6.07, 6.45) is 3.30. The van der Waals surface area contributed by atoms with Crippen LogP contribution < -0.4 is 24.6 Å². The van der Waals surface area contributed by atoms with Crippen molar-refractivity contribution in [3.8, 4) is 11.5 Å². The van der Waals surface area contributed by atoms with Crippen molar-refractivity contribution < 1.29 is 9.47 Å². The number of nitrogens with one attached hydrogen (secondary N) is 1. The van der Waals surface area contributed by atoms with Crippen LogP contribution in [0, 0.1) is 0 Å². The molecule has 1 fully saturated rings.